The lowest BCUT2D eigenvalue weighted by Gasteiger charge is -2.31. The van der Waals surface area contributed by atoms with Crippen LogP contribution in [-0.2, 0) is 16.0 Å². The van der Waals surface area contributed by atoms with Crippen molar-refractivity contribution in [3.05, 3.63) is 65.4 Å². The van der Waals surface area contributed by atoms with Gasteiger partial charge in [0.25, 0.3) is 5.89 Å². The summed E-state index contributed by atoms with van der Waals surface area (Å²) in [5, 5.41) is 5.01. The van der Waals surface area contributed by atoms with E-state index in [0.29, 0.717) is 37.1 Å². The summed E-state index contributed by atoms with van der Waals surface area (Å²) >= 11 is 0. The predicted molar refractivity (Wildman–Crippen MR) is 112 cm³/mol. The Balaban J connectivity index is 1.31. The molecule has 3 aromatic heterocycles. The molecule has 1 aliphatic heterocycles. The minimum atomic E-state index is -0.465. The van der Waals surface area contributed by atoms with Gasteiger partial charge in [-0.05, 0) is 43.2 Å². The molecule has 5 rings (SSSR count). The molecule has 1 unspecified atom stereocenters. The van der Waals surface area contributed by atoms with Crippen molar-refractivity contribution >= 4 is 16.9 Å². The predicted octanol–water partition coefficient (Wildman–Crippen LogP) is 3.64. The smallest absolute Gasteiger partial charge is 0.257 e. The minimum Gasteiger partial charge on any atom is -0.464 e. The van der Waals surface area contributed by atoms with Gasteiger partial charge in [0.1, 0.15) is 11.3 Å². The lowest BCUT2D eigenvalue weighted by molar-refractivity contribution is -0.139. The molecule has 0 N–H and O–H groups in total. The van der Waals surface area contributed by atoms with Crippen LogP contribution in [0.2, 0.25) is 0 Å². The van der Waals surface area contributed by atoms with Crippen LogP contribution in [0.5, 0.6) is 0 Å². The van der Waals surface area contributed by atoms with Gasteiger partial charge in [-0.15, -0.1) is 0 Å². The average molecular weight is 418 g/mol. The maximum absolute atomic E-state index is 13.0. The van der Waals surface area contributed by atoms with Crippen LogP contribution >= 0.6 is 0 Å². The lowest BCUT2D eigenvalue weighted by Crippen LogP contribution is -2.43. The highest BCUT2D eigenvalue weighted by atomic mass is 16.5. The number of amides is 1. The number of aromatic nitrogens is 3. The molecule has 0 saturated carbocycles. The highest BCUT2D eigenvalue weighted by Crippen LogP contribution is 2.28. The van der Waals surface area contributed by atoms with Gasteiger partial charge in [-0.2, -0.15) is 4.98 Å². The number of benzene rings is 1. The van der Waals surface area contributed by atoms with Crippen LogP contribution < -0.4 is 0 Å². The second kappa shape index (κ2) is 7.96. The quantitative estimate of drug-likeness (QED) is 0.499. The number of pyridine rings is 1. The van der Waals surface area contributed by atoms with Gasteiger partial charge >= 0.3 is 0 Å². The fourth-order valence-electron chi connectivity index (χ4n) is 4.02. The summed E-state index contributed by atoms with van der Waals surface area (Å²) in [5.74, 6) is 0.761. The molecule has 8 nitrogen and oxygen atoms in total. The molecule has 31 heavy (non-hydrogen) atoms. The molecule has 1 fully saturated rings. The van der Waals surface area contributed by atoms with E-state index in [1.54, 1.807) is 17.4 Å². The number of hydrogen-bond donors (Lipinski definition) is 0. The second-order valence-corrected chi connectivity index (χ2v) is 7.76. The molecule has 0 bridgehead atoms. The number of rotatable bonds is 4. The SMILES string of the molecule is Cc1cc(C)c2c(CC(=O)N3CCOC(c4nc(-c5ccccn5)no4)C3)coc2c1. The summed E-state index contributed by atoms with van der Waals surface area (Å²) in [7, 11) is 0. The summed E-state index contributed by atoms with van der Waals surface area (Å²) in [6, 6.07) is 9.59. The zero-order chi connectivity index (χ0) is 21.4. The number of carbonyl (C=O) groups excluding carboxylic acids is 1. The Morgan fingerprint density at radius 3 is 3.00 bits per heavy atom. The third-order valence-corrected chi connectivity index (χ3v) is 5.46. The van der Waals surface area contributed by atoms with Crippen LogP contribution in [0.3, 0.4) is 0 Å². The first-order valence-electron chi connectivity index (χ1n) is 10.2. The van der Waals surface area contributed by atoms with Crippen molar-refractivity contribution < 1.29 is 18.5 Å². The van der Waals surface area contributed by atoms with Gasteiger partial charge in [0.2, 0.25) is 11.7 Å². The molecule has 0 radical (unpaired) electrons. The number of hydrogen-bond acceptors (Lipinski definition) is 7. The molecule has 8 heteroatoms. The maximum atomic E-state index is 13.0. The highest BCUT2D eigenvalue weighted by molar-refractivity contribution is 5.90. The lowest BCUT2D eigenvalue weighted by atomic mass is 10.0. The highest BCUT2D eigenvalue weighted by Gasteiger charge is 2.30. The molecular weight excluding hydrogens is 396 g/mol. The minimum absolute atomic E-state index is 0.0143. The number of nitrogens with zero attached hydrogens (tertiary/aromatic N) is 4. The van der Waals surface area contributed by atoms with Gasteiger partial charge in [-0.25, -0.2) is 0 Å². The third-order valence-electron chi connectivity index (χ3n) is 5.46. The van der Waals surface area contributed by atoms with Crippen LogP contribution in [0.1, 0.15) is 28.7 Å². The summed E-state index contributed by atoms with van der Waals surface area (Å²) in [5.41, 5.74) is 4.58. The van der Waals surface area contributed by atoms with Crippen molar-refractivity contribution in [1.29, 1.82) is 0 Å². The van der Waals surface area contributed by atoms with Crippen LogP contribution in [-0.4, -0.2) is 45.6 Å². The maximum Gasteiger partial charge on any atom is 0.257 e. The molecule has 1 atom stereocenters. The summed E-state index contributed by atoms with van der Waals surface area (Å²) in [4.78, 5) is 23.5. The first kappa shape index (κ1) is 19.4. The van der Waals surface area contributed by atoms with E-state index in [0.717, 1.165) is 27.7 Å². The van der Waals surface area contributed by atoms with Gasteiger partial charge in [-0.3, -0.25) is 9.78 Å². The van der Waals surface area contributed by atoms with Gasteiger partial charge in [0.15, 0.2) is 6.10 Å². The molecule has 1 saturated heterocycles. The molecule has 158 valence electrons. The Morgan fingerprint density at radius 2 is 2.16 bits per heavy atom. The van der Waals surface area contributed by atoms with E-state index < -0.39 is 6.10 Å². The molecule has 0 aliphatic carbocycles. The van der Waals surface area contributed by atoms with Gasteiger partial charge in [0, 0.05) is 23.7 Å². The molecule has 1 amide bonds. The van der Waals surface area contributed by atoms with Crippen LogP contribution in [0.4, 0.5) is 0 Å². The van der Waals surface area contributed by atoms with Gasteiger partial charge in [0.05, 0.1) is 25.8 Å². The molecule has 0 spiro atoms. The molecular formula is C23H22N4O4. The Bertz CT molecular complexity index is 1230. The molecule has 1 aliphatic rings. The standard InChI is InChI=1S/C23H22N4O4/c1-14-9-15(2)21-16(13-30-18(21)10-14)11-20(28)27-7-8-29-19(12-27)23-25-22(26-31-23)17-5-3-4-6-24-17/h3-6,9-10,13,19H,7-8,11-12H2,1-2H3. The molecule has 1 aromatic carbocycles. The van der Waals surface area contributed by atoms with E-state index in [9.17, 15) is 4.79 Å². The average Bonchev–Trinajstić information content (AvgIpc) is 3.42. The van der Waals surface area contributed by atoms with Crippen molar-refractivity contribution in [2.45, 2.75) is 26.4 Å². The number of morpholine rings is 1. The number of aryl methyl sites for hydroxylation is 2. The van der Waals surface area contributed by atoms with E-state index in [4.69, 9.17) is 13.7 Å². The zero-order valence-corrected chi connectivity index (χ0v) is 17.4. The first-order valence-corrected chi connectivity index (χ1v) is 10.2. The largest absolute Gasteiger partial charge is 0.464 e. The second-order valence-electron chi connectivity index (χ2n) is 7.76. The van der Waals surface area contributed by atoms with E-state index in [1.165, 1.54) is 0 Å². The molecule has 4 aromatic rings. The number of furan rings is 1. The van der Waals surface area contributed by atoms with Crippen molar-refractivity contribution in [3.8, 4) is 11.5 Å². The van der Waals surface area contributed by atoms with E-state index in [-0.39, 0.29) is 12.3 Å². The number of carbonyl (C=O) groups is 1. The van der Waals surface area contributed by atoms with Crippen LogP contribution in [0.25, 0.3) is 22.5 Å². The number of fused-ring (bicyclic) bond motifs is 1. The Morgan fingerprint density at radius 1 is 1.26 bits per heavy atom. The monoisotopic (exact) mass is 418 g/mol. The Hall–Kier alpha value is -3.52. The summed E-state index contributed by atoms with van der Waals surface area (Å²) in [6.45, 7) is 5.35. The molecule has 4 heterocycles. The third kappa shape index (κ3) is 3.82. The number of ether oxygens (including phenoxy) is 1. The van der Waals surface area contributed by atoms with Crippen molar-refractivity contribution in [1.82, 2.24) is 20.0 Å². The normalized spacial score (nSPS) is 16.7. The van der Waals surface area contributed by atoms with Crippen LogP contribution in [0, 0.1) is 13.8 Å². The fraction of sp³-hybridized carbons (Fsp3) is 0.304. The zero-order valence-electron chi connectivity index (χ0n) is 17.4. The summed E-state index contributed by atoms with van der Waals surface area (Å²) in [6.07, 6.45) is 3.16. The fourth-order valence-corrected chi connectivity index (χ4v) is 4.02. The topological polar surface area (TPSA) is 94.5 Å². The van der Waals surface area contributed by atoms with Crippen molar-refractivity contribution in [2.24, 2.45) is 0 Å². The summed E-state index contributed by atoms with van der Waals surface area (Å²) < 4.78 is 16.9. The van der Waals surface area contributed by atoms with Gasteiger partial charge < -0.3 is 18.6 Å². The first-order chi connectivity index (χ1) is 15.1. The van der Waals surface area contributed by atoms with Crippen molar-refractivity contribution in [2.75, 3.05) is 19.7 Å². The van der Waals surface area contributed by atoms with E-state index in [2.05, 4.69) is 21.2 Å². The van der Waals surface area contributed by atoms with Crippen molar-refractivity contribution in [3.63, 3.8) is 0 Å². The van der Waals surface area contributed by atoms with Gasteiger partial charge in [-0.1, -0.05) is 17.3 Å². The van der Waals surface area contributed by atoms with Crippen LogP contribution in [0.15, 0.2) is 51.7 Å². The Kier molecular flexibility index (Phi) is 4.99. The van der Waals surface area contributed by atoms with E-state index in [1.807, 2.05) is 38.1 Å². The Labute approximate surface area is 178 Å². The van der Waals surface area contributed by atoms with E-state index >= 15 is 0 Å².